The maximum absolute atomic E-state index is 9.29. The summed E-state index contributed by atoms with van der Waals surface area (Å²) in [6, 6.07) is 0. The molecule has 0 aromatic rings. The lowest BCUT2D eigenvalue weighted by molar-refractivity contribution is 0.132. The lowest BCUT2D eigenvalue weighted by Gasteiger charge is -2.26. The van der Waals surface area contributed by atoms with E-state index >= 15 is 0 Å². The molecule has 0 heterocycles. The van der Waals surface area contributed by atoms with Gasteiger partial charge in [-0.05, 0) is 13.0 Å². The Bertz CT molecular complexity index is 300. The molecule has 0 aromatic heterocycles. The largest absolute Gasteiger partial charge is 0.395 e. The van der Waals surface area contributed by atoms with Gasteiger partial charge < -0.3 is 15.3 Å². The van der Waals surface area contributed by atoms with Crippen LogP contribution in [0.2, 0.25) is 0 Å². The molecule has 0 unspecified atom stereocenters. The van der Waals surface area contributed by atoms with E-state index in [1.807, 2.05) is 0 Å². The van der Waals surface area contributed by atoms with Crippen molar-refractivity contribution in [3.63, 3.8) is 0 Å². The summed E-state index contributed by atoms with van der Waals surface area (Å²) in [6.07, 6.45) is 19.2. The molecule has 5 heteroatoms. The molecule has 0 atom stereocenters. The number of unbranched alkanes of at least 4 members (excludes halogenated alkanes) is 13. The van der Waals surface area contributed by atoms with Crippen LogP contribution in [0.4, 0.5) is 0 Å². The Balaban J connectivity index is 3.54. The van der Waals surface area contributed by atoms with Gasteiger partial charge in [0.05, 0.1) is 19.8 Å². The minimum atomic E-state index is 0.124. The van der Waals surface area contributed by atoms with Crippen LogP contribution in [-0.4, -0.2) is 84.2 Å². The highest BCUT2D eigenvalue weighted by Crippen LogP contribution is 2.13. The molecule has 0 saturated heterocycles. The smallest absolute Gasteiger partial charge is 0.0558 e. The van der Waals surface area contributed by atoms with Gasteiger partial charge in [0.15, 0.2) is 0 Å². The average Bonchev–Trinajstić information content (AvgIpc) is 2.72. The molecule has 29 heavy (non-hydrogen) atoms. The molecule has 3 N–H and O–H groups in total. The fourth-order valence-corrected chi connectivity index (χ4v) is 3.91. The maximum Gasteiger partial charge on any atom is 0.0558 e. The van der Waals surface area contributed by atoms with Crippen LogP contribution in [0, 0.1) is 0 Å². The normalized spacial score (nSPS) is 11.8. The molecular formula is C24H52N2O3. The summed E-state index contributed by atoms with van der Waals surface area (Å²) in [7, 11) is 0. The third-order valence-electron chi connectivity index (χ3n) is 5.81. The summed E-state index contributed by atoms with van der Waals surface area (Å²) < 4.78 is 0. The second-order valence-corrected chi connectivity index (χ2v) is 8.45. The van der Waals surface area contributed by atoms with Crippen molar-refractivity contribution in [2.75, 3.05) is 59.1 Å². The van der Waals surface area contributed by atoms with Gasteiger partial charge in [-0.3, -0.25) is 9.80 Å². The van der Waals surface area contributed by atoms with Crippen molar-refractivity contribution in [2.45, 2.75) is 96.8 Å². The first-order valence-electron chi connectivity index (χ1n) is 12.6. The average molecular weight is 417 g/mol. The van der Waals surface area contributed by atoms with E-state index in [0.29, 0.717) is 19.6 Å². The van der Waals surface area contributed by atoms with Crippen LogP contribution in [0.3, 0.4) is 0 Å². The molecule has 0 aromatic carbocycles. The van der Waals surface area contributed by atoms with Crippen molar-refractivity contribution in [1.29, 1.82) is 0 Å². The van der Waals surface area contributed by atoms with Crippen LogP contribution in [-0.2, 0) is 0 Å². The zero-order valence-corrected chi connectivity index (χ0v) is 19.5. The van der Waals surface area contributed by atoms with Gasteiger partial charge in [-0.1, -0.05) is 90.4 Å². The highest BCUT2D eigenvalue weighted by Gasteiger charge is 2.08. The van der Waals surface area contributed by atoms with Crippen molar-refractivity contribution in [3.8, 4) is 0 Å². The Labute approximate surface area is 181 Å². The molecule has 0 aliphatic heterocycles. The molecule has 0 fully saturated rings. The number of rotatable bonds is 24. The standard InChI is InChI=1S/C24H52N2O3/c1-2-3-4-5-6-7-8-9-10-11-12-13-14-15-16-25(19-22-27)17-18-26(20-23-28)21-24-29/h27-29H,2-24H2,1H3. The third-order valence-corrected chi connectivity index (χ3v) is 5.81. The molecule has 0 aliphatic carbocycles. The molecule has 0 bridgehead atoms. The minimum Gasteiger partial charge on any atom is -0.395 e. The predicted octanol–water partition coefficient (Wildman–Crippen LogP) is 4.05. The fourth-order valence-electron chi connectivity index (χ4n) is 3.91. The Morgan fingerprint density at radius 3 is 1.03 bits per heavy atom. The lowest BCUT2D eigenvalue weighted by Crippen LogP contribution is -2.39. The van der Waals surface area contributed by atoms with Crippen LogP contribution in [0.5, 0.6) is 0 Å². The van der Waals surface area contributed by atoms with E-state index in [-0.39, 0.29) is 19.8 Å². The van der Waals surface area contributed by atoms with Crippen LogP contribution >= 0.6 is 0 Å². The number of hydrogen-bond acceptors (Lipinski definition) is 5. The molecule has 0 saturated carbocycles. The lowest BCUT2D eigenvalue weighted by atomic mass is 10.0. The monoisotopic (exact) mass is 416 g/mol. The topological polar surface area (TPSA) is 67.2 Å². The van der Waals surface area contributed by atoms with Gasteiger partial charge in [0.25, 0.3) is 0 Å². The van der Waals surface area contributed by atoms with Gasteiger partial charge >= 0.3 is 0 Å². The van der Waals surface area contributed by atoms with E-state index in [4.69, 9.17) is 10.2 Å². The molecule has 0 amide bonds. The summed E-state index contributed by atoms with van der Waals surface area (Å²) in [5.74, 6) is 0. The van der Waals surface area contributed by atoms with E-state index < -0.39 is 0 Å². The second-order valence-electron chi connectivity index (χ2n) is 8.45. The first kappa shape index (κ1) is 28.8. The van der Waals surface area contributed by atoms with Crippen molar-refractivity contribution >= 4 is 0 Å². The van der Waals surface area contributed by atoms with Crippen molar-refractivity contribution < 1.29 is 15.3 Å². The summed E-state index contributed by atoms with van der Waals surface area (Å²) in [5, 5.41) is 27.5. The van der Waals surface area contributed by atoms with E-state index in [2.05, 4.69) is 16.7 Å². The number of aliphatic hydroxyl groups is 3. The summed E-state index contributed by atoms with van der Waals surface area (Å²) in [6.45, 7) is 7.39. The molecular weight excluding hydrogens is 364 g/mol. The molecule has 0 aliphatic rings. The van der Waals surface area contributed by atoms with E-state index in [1.165, 1.54) is 89.9 Å². The van der Waals surface area contributed by atoms with E-state index in [9.17, 15) is 5.11 Å². The molecule has 5 nitrogen and oxygen atoms in total. The first-order chi connectivity index (χ1) is 14.3. The van der Waals surface area contributed by atoms with E-state index in [1.54, 1.807) is 0 Å². The van der Waals surface area contributed by atoms with Gasteiger partial charge in [0, 0.05) is 32.7 Å². The quantitative estimate of drug-likeness (QED) is 0.207. The van der Waals surface area contributed by atoms with Gasteiger partial charge in [0.2, 0.25) is 0 Å². The number of nitrogens with zero attached hydrogens (tertiary/aromatic N) is 2. The Morgan fingerprint density at radius 2 is 0.690 bits per heavy atom. The zero-order valence-electron chi connectivity index (χ0n) is 19.5. The molecule has 176 valence electrons. The first-order valence-corrected chi connectivity index (χ1v) is 12.6. The summed E-state index contributed by atoms with van der Waals surface area (Å²) >= 11 is 0. The highest BCUT2D eigenvalue weighted by molar-refractivity contribution is 4.64. The number of aliphatic hydroxyl groups excluding tert-OH is 3. The van der Waals surface area contributed by atoms with Gasteiger partial charge in [-0.15, -0.1) is 0 Å². The van der Waals surface area contributed by atoms with Gasteiger partial charge in [-0.2, -0.15) is 0 Å². The summed E-state index contributed by atoms with van der Waals surface area (Å²) in [4.78, 5) is 4.39. The zero-order chi connectivity index (χ0) is 21.4. The van der Waals surface area contributed by atoms with Crippen molar-refractivity contribution in [2.24, 2.45) is 0 Å². The van der Waals surface area contributed by atoms with Crippen LogP contribution in [0.1, 0.15) is 96.8 Å². The molecule has 0 spiro atoms. The Morgan fingerprint density at radius 1 is 0.379 bits per heavy atom. The third kappa shape index (κ3) is 20.8. The summed E-state index contributed by atoms with van der Waals surface area (Å²) in [5.41, 5.74) is 0. The van der Waals surface area contributed by atoms with Gasteiger partial charge in [-0.25, -0.2) is 0 Å². The Hall–Kier alpha value is -0.200. The van der Waals surface area contributed by atoms with Crippen LogP contribution in [0.25, 0.3) is 0 Å². The predicted molar refractivity (Wildman–Crippen MR) is 124 cm³/mol. The van der Waals surface area contributed by atoms with Crippen LogP contribution in [0.15, 0.2) is 0 Å². The SMILES string of the molecule is CCCCCCCCCCCCCCCCN(CCO)CCN(CCO)CCO. The minimum absolute atomic E-state index is 0.124. The van der Waals surface area contributed by atoms with E-state index in [0.717, 1.165) is 19.6 Å². The fraction of sp³-hybridized carbons (Fsp3) is 1.00. The maximum atomic E-state index is 9.29. The van der Waals surface area contributed by atoms with Crippen molar-refractivity contribution in [3.05, 3.63) is 0 Å². The number of hydrogen-bond donors (Lipinski definition) is 3. The van der Waals surface area contributed by atoms with Crippen LogP contribution < -0.4 is 0 Å². The second kappa shape index (κ2) is 24.1. The molecule has 0 rings (SSSR count). The van der Waals surface area contributed by atoms with Gasteiger partial charge in [0.1, 0.15) is 0 Å². The van der Waals surface area contributed by atoms with Crippen molar-refractivity contribution in [1.82, 2.24) is 9.80 Å². The Kier molecular flexibility index (Phi) is 23.9. The highest BCUT2D eigenvalue weighted by atomic mass is 16.3. The molecule has 0 radical (unpaired) electrons.